The van der Waals surface area contributed by atoms with Crippen molar-refractivity contribution in [1.29, 1.82) is 0 Å². The average molecular weight is 242 g/mol. The average Bonchev–Trinajstić information content (AvgIpc) is 2.95. The second-order valence-corrected chi connectivity index (χ2v) is 10.3. The van der Waals surface area contributed by atoms with Gasteiger partial charge in [-0.3, -0.25) is 0 Å². The highest BCUT2D eigenvalue weighted by atomic mass is 28.4. The molecule has 2 rings (SSSR count). The van der Waals surface area contributed by atoms with Gasteiger partial charge in [0.2, 0.25) is 0 Å². The molecule has 0 bridgehead atoms. The van der Waals surface area contributed by atoms with Crippen LogP contribution < -0.4 is 0 Å². The Morgan fingerprint density at radius 2 is 2.06 bits per heavy atom. The number of hydrogen-bond donors (Lipinski definition) is 0. The summed E-state index contributed by atoms with van der Waals surface area (Å²) >= 11 is 0. The predicted molar refractivity (Wildman–Crippen MR) is 69.2 cm³/mol. The van der Waals surface area contributed by atoms with E-state index in [2.05, 4.69) is 20.0 Å². The first-order valence-electron chi connectivity index (χ1n) is 6.90. The van der Waals surface area contributed by atoms with Crippen molar-refractivity contribution in [2.75, 3.05) is 6.61 Å². The van der Waals surface area contributed by atoms with Crippen molar-refractivity contribution in [3.05, 3.63) is 0 Å². The molecule has 1 saturated carbocycles. The summed E-state index contributed by atoms with van der Waals surface area (Å²) in [5.41, 5.74) is 0. The zero-order chi connectivity index (χ0) is 11.6. The second kappa shape index (κ2) is 5.19. The van der Waals surface area contributed by atoms with E-state index in [4.69, 9.17) is 9.16 Å². The van der Waals surface area contributed by atoms with E-state index in [1.807, 2.05) is 0 Å². The zero-order valence-electron chi connectivity index (χ0n) is 11.0. The van der Waals surface area contributed by atoms with Gasteiger partial charge in [-0.05, 0) is 50.7 Å². The molecule has 0 aromatic rings. The van der Waals surface area contributed by atoms with Crippen LogP contribution in [-0.4, -0.2) is 27.1 Å². The van der Waals surface area contributed by atoms with Gasteiger partial charge in [-0.15, -0.1) is 0 Å². The number of fused-ring (bicyclic) bond motifs is 1. The van der Waals surface area contributed by atoms with Crippen LogP contribution in [0.25, 0.3) is 0 Å². The third-order valence-electron chi connectivity index (χ3n) is 3.98. The number of rotatable bonds is 6. The summed E-state index contributed by atoms with van der Waals surface area (Å²) in [6.07, 6.45) is 7.74. The fourth-order valence-corrected chi connectivity index (χ4v) is 4.94. The maximum atomic E-state index is 6.12. The molecule has 1 aliphatic carbocycles. The molecule has 2 nitrogen and oxygen atoms in total. The van der Waals surface area contributed by atoms with E-state index in [0.29, 0.717) is 12.2 Å². The van der Waals surface area contributed by atoms with E-state index in [9.17, 15) is 0 Å². The van der Waals surface area contributed by atoms with E-state index in [-0.39, 0.29) is 0 Å². The third-order valence-corrected chi connectivity index (χ3v) is 6.67. The highest BCUT2D eigenvalue weighted by molar-refractivity contribution is 6.71. The zero-order valence-corrected chi connectivity index (χ0v) is 12.0. The number of epoxide rings is 1. The van der Waals surface area contributed by atoms with Crippen molar-refractivity contribution in [2.24, 2.45) is 5.92 Å². The lowest BCUT2D eigenvalue weighted by Gasteiger charge is -2.25. The molecule has 0 aromatic carbocycles. The highest BCUT2D eigenvalue weighted by Crippen LogP contribution is 2.40. The first-order chi connectivity index (χ1) is 7.61. The lowest BCUT2D eigenvalue weighted by Crippen LogP contribution is -2.31. The Labute approximate surface area is 101 Å². The van der Waals surface area contributed by atoms with E-state index in [1.54, 1.807) is 0 Å². The third kappa shape index (κ3) is 3.57. The van der Waals surface area contributed by atoms with Gasteiger partial charge in [-0.2, -0.15) is 0 Å². The molecule has 16 heavy (non-hydrogen) atoms. The Morgan fingerprint density at radius 1 is 1.25 bits per heavy atom. The largest absolute Gasteiger partial charge is 0.417 e. The lowest BCUT2D eigenvalue weighted by molar-refractivity contribution is 0.246. The van der Waals surface area contributed by atoms with Crippen LogP contribution >= 0.6 is 0 Å². The Bertz CT molecular complexity index is 230. The summed E-state index contributed by atoms with van der Waals surface area (Å²) in [7, 11) is -1.33. The van der Waals surface area contributed by atoms with E-state index in [0.717, 1.165) is 12.5 Å². The van der Waals surface area contributed by atoms with Crippen LogP contribution in [0.1, 0.15) is 39.0 Å². The van der Waals surface area contributed by atoms with Gasteiger partial charge in [0.05, 0.1) is 12.2 Å². The van der Waals surface area contributed by atoms with Crippen molar-refractivity contribution < 1.29 is 9.16 Å². The Balaban J connectivity index is 1.60. The molecule has 1 saturated heterocycles. The fourth-order valence-electron chi connectivity index (χ4n) is 2.93. The minimum absolute atomic E-state index is 0.625. The van der Waals surface area contributed by atoms with Gasteiger partial charge in [0.15, 0.2) is 8.32 Å². The van der Waals surface area contributed by atoms with E-state index < -0.39 is 8.32 Å². The summed E-state index contributed by atoms with van der Waals surface area (Å²) in [6.45, 7) is 7.93. The van der Waals surface area contributed by atoms with Gasteiger partial charge in [-0.1, -0.05) is 13.3 Å². The molecule has 1 heterocycles. The molecule has 3 heteroatoms. The quantitative estimate of drug-likeness (QED) is 0.524. The lowest BCUT2D eigenvalue weighted by atomic mass is 9.87. The molecule has 0 radical (unpaired) electrons. The van der Waals surface area contributed by atoms with Crippen LogP contribution in [0.3, 0.4) is 0 Å². The summed E-state index contributed by atoms with van der Waals surface area (Å²) in [5.74, 6) is 0.871. The molecule has 0 aromatic heterocycles. The van der Waals surface area contributed by atoms with Crippen LogP contribution in [0.15, 0.2) is 0 Å². The van der Waals surface area contributed by atoms with Crippen LogP contribution in [0.5, 0.6) is 0 Å². The Morgan fingerprint density at radius 3 is 2.75 bits per heavy atom. The molecule has 0 spiro atoms. The van der Waals surface area contributed by atoms with Crippen molar-refractivity contribution in [3.8, 4) is 0 Å². The molecule has 3 unspecified atom stereocenters. The highest BCUT2D eigenvalue weighted by Gasteiger charge is 2.43. The summed E-state index contributed by atoms with van der Waals surface area (Å²) in [6, 6.07) is 1.30. The molecule has 2 aliphatic rings. The van der Waals surface area contributed by atoms with Gasteiger partial charge in [0, 0.05) is 6.61 Å². The summed E-state index contributed by atoms with van der Waals surface area (Å²) < 4.78 is 11.7. The van der Waals surface area contributed by atoms with Crippen molar-refractivity contribution >= 4 is 8.32 Å². The number of hydrogen-bond acceptors (Lipinski definition) is 2. The topological polar surface area (TPSA) is 21.8 Å². The van der Waals surface area contributed by atoms with Crippen LogP contribution in [-0.2, 0) is 9.16 Å². The monoisotopic (exact) mass is 242 g/mol. The first kappa shape index (κ1) is 12.6. The summed E-state index contributed by atoms with van der Waals surface area (Å²) in [5, 5.41) is 0. The smallest absolute Gasteiger partial charge is 0.186 e. The number of ether oxygens (including phenoxy) is 1. The molecule has 1 aliphatic heterocycles. The molecular weight excluding hydrogens is 216 g/mol. The van der Waals surface area contributed by atoms with Crippen LogP contribution in [0.2, 0.25) is 19.1 Å². The van der Waals surface area contributed by atoms with Crippen molar-refractivity contribution in [3.63, 3.8) is 0 Å². The van der Waals surface area contributed by atoms with E-state index >= 15 is 0 Å². The maximum absolute atomic E-state index is 6.12. The molecule has 2 fully saturated rings. The molecular formula is C13H26O2Si. The second-order valence-electron chi connectivity index (χ2n) is 6.04. The predicted octanol–water partition coefficient (Wildman–Crippen LogP) is 3.58. The van der Waals surface area contributed by atoms with E-state index in [1.165, 1.54) is 38.1 Å². The van der Waals surface area contributed by atoms with Gasteiger partial charge < -0.3 is 9.16 Å². The van der Waals surface area contributed by atoms with Crippen molar-refractivity contribution in [1.82, 2.24) is 0 Å². The van der Waals surface area contributed by atoms with Gasteiger partial charge in [0.25, 0.3) is 0 Å². The molecule has 0 N–H and O–H groups in total. The minimum Gasteiger partial charge on any atom is -0.417 e. The van der Waals surface area contributed by atoms with Gasteiger partial charge in [0.1, 0.15) is 0 Å². The minimum atomic E-state index is -1.33. The Hall–Kier alpha value is 0.137. The van der Waals surface area contributed by atoms with Crippen LogP contribution in [0, 0.1) is 5.92 Å². The Kier molecular flexibility index (Phi) is 4.09. The molecule has 94 valence electrons. The molecule has 0 amide bonds. The maximum Gasteiger partial charge on any atom is 0.186 e. The molecule has 3 atom stereocenters. The SMILES string of the molecule is CCC[Si](C)(C)OCCC1CCC2OC2C1. The normalized spacial score (nSPS) is 33.6. The standard InChI is InChI=1S/C13H26O2Si/c1-4-9-16(2,3)14-8-7-11-5-6-12-13(10-11)15-12/h11-13H,4-10H2,1-3H3. The van der Waals surface area contributed by atoms with Gasteiger partial charge in [-0.25, -0.2) is 0 Å². The van der Waals surface area contributed by atoms with Gasteiger partial charge >= 0.3 is 0 Å². The fraction of sp³-hybridized carbons (Fsp3) is 1.00. The van der Waals surface area contributed by atoms with Crippen molar-refractivity contribution in [2.45, 2.75) is 70.4 Å². The van der Waals surface area contributed by atoms with Crippen LogP contribution in [0.4, 0.5) is 0 Å². The summed E-state index contributed by atoms with van der Waals surface area (Å²) in [4.78, 5) is 0. The first-order valence-corrected chi connectivity index (χ1v) is 10.0.